The highest BCUT2D eigenvalue weighted by Gasteiger charge is 2.16. The number of carboxylic acids is 2. The Hall–Kier alpha value is -2.27. The number of fused-ring (bicyclic) bond motifs is 2. The number of aryl methyl sites for hydroxylation is 3. The van der Waals surface area contributed by atoms with Crippen molar-refractivity contribution in [1.29, 1.82) is 0 Å². The molecule has 0 atom stereocenters. The van der Waals surface area contributed by atoms with Crippen molar-refractivity contribution in [2.24, 2.45) is 0 Å². The Labute approximate surface area is 138 Å². The van der Waals surface area contributed by atoms with Gasteiger partial charge in [0.2, 0.25) is 0 Å². The van der Waals surface area contributed by atoms with Gasteiger partial charge in [0.05, 0.1) is 5.56 Å². The summed E-state index contributed by atoms with van der Waals surface area (Å²) in [6.45, 7) is 0. The molecule has 2 N–H and O–H groups in total. The normalized spacial score (nSPS) is 12.9. The Morgan fingerprint density at radius 1 is 0.957 bits per heavy atom. The summed E-state index contributed by atoms with van der Waals surface area (Å²) in [6.07, 6.45) is 2.40. The maximum Gasteiger partial charge on any atom is 0.335 e. The van der Waals surface area contributed by atoms with E-state index in [0.29, 0.717) is 12.0 Å². The Balaban J connectivity index is 1.88. The van der Waals surface area contributed by atoms with Gasteiger partial charge in [-0.1, -0.05) is 30.0 Å². The number of carbonyl (C=O) groups is 2. The van der Waals surface area contributed by atoms with Crippen molar-refractivity contribution in [3.8, 4) is 0 Å². The number of aromatic carboxylic acids is 1. The van der Waals surface area contributed by atoms with Crippen LogP contribution in [0.3, 0.4) is 0 Å². The summed E-state index contributed by atoms with van der Waals surface area (Å²) >= 11 is 1.59. The van der Waals surface area contributed by atoms with Crippen molar-refractivity contribution in [2.45, 2.75) is 35.5 Å². The molecule has 0 fully saturated rings. The molecule has 0 amide bonds. The SMILES string of the molecule is O=C(O)CCc1ccc2c(c1)CCc1ccc(C(=O)O)cc1S2. The van der Waals surface area contributed by atoms with Gasteiger partial charge < -0.3 is 10.2 Å². The highest BCUT2D eigenvalue weighted by Crippen LogP contribution is 2.38. The molecule has 0 spiro atoms. The highest BCUT2D eigenvalue weighted by molar-refractivity contribution is 7.99. The monoisotopic (exact) mass is 328 g/mol. The second kappa shape index (κ2) is 6.46. The first-order valence-electron chi connectivity index (χ1n) is 7.40. The fraction of sp³-hybridized carbons (Fsp3) is 0.222. The molecule has 118 valence electrons. The summed E-state index contributed by atoms with van der Waals surface area (Å²) in [4.78, 5) is 23.9. The molecular formula is C18H16O4S. The van der Waals surface area contributed by atoms with Gasteiger partial charge in [-0.2, -0.15) is 0 Å². The van der Waals surface area contributed by atoms with Crippen LogP contribution in [0.1, 0.15) is 33.5 Å². The Morgan fingerprint density at radius 2 is 1.74 bits per heavy atom. The molecule has 0 radical (unpaired) electrons. The van der Waals surface area contributed by atoms with Crippen molar-refractivity contribution in [3.05, 3.63) is 58.7 Å². The van der Waals surface area contributed by atoms with E-state index >= 15 is 0 Å². The molecule has 23 heavy (non-hydrogen) atoms. The number of hydrogen-bond acceptors (Lipinski definition) is 3. The first kappa shape index (κ1) is 15.6. The zero-order valence-corrected chi connectivity index (χ0v) is 13.2. The maximum absolute atomic E-state index is 11.1. The number of rotatable bonds is 4. The average molecular weight is 328 g/mol. The predicted molar refractivity (Wildman–Crippen MR) is 87.3 cm³/mol. The second-order valence-electron chi connectivity index (χ2n) is 5.57. The molecule has 0 saturated carbocycles. The molecule has 1 aliphatic rings. The van der Waals surface area contributed by atoms with E-state index in [-0.39, 0.29) is 6.42 Å². The van der Waals surface area contributed by atoms with Crippen molar-refractivity contribution in [2.75, 3.05) is 0 Å². The molecule has 5 heteroatoms. The van der Waals surface area contributed by atoms with E-state index in [9.17, 15) is 9.59 Å². The largest absolute Gasteiger partial charge is 0.481 e. The van der Waals surface area contributed by atoms with Gasteiger partial charge in [0, 0.05) is 16.2 Å². The minimum atomic E-state index is -0.915. The second-order valence-corrected chi connectivity index (χ2v) is 6.65. The van der Waals surface area contributed by atoms with Gasteiger partial charge in [-0.25, -0.2) is 4.79 Å². The third-order valence-corrected chi connectivity index (χ3v) is 5.17. The van der Waals surface area contributed by atoms with Crippen LogP contribution >= 0.6 is 11.8 Å². The number of carboxylic acid groups (broad SMARTS) is 2. The lowest BCUT2D eigenvalue weighted by Gasteiger charge is -2.08. The van der Waals surface area contributed by atoms with Crippen LogP contribution in [0.4, 0.5) is 0 Å². The third-order valence-electron chi connectivity index (χ3n) is 3.95. The number of aliphatic carboxylic acids is 1. The summed E-state index contributed by atoms with van der Waals surface area (Å²) in [5.41, 5.74) is 3.69. The first-order valence-corrected chi connectivity index (χ1v) is 8.22. The molecule has 2 aromatic carbocycles. The predicted octanol–water partition coefficient (Wildman–Crippen LogP) is 3.65. The van der Waals surface area contributed by atoms with E-state index < -0.39 is 11.9 Å². The standard InChI is InChI=1S/C18H16O4S/c19-17(20)8-2-11-1-7-15-13(9-11)5-3-12-4-6-14(18(21)22)10-16(12)23-15/h1,4,6-7,9-10H,2-3,5,8H2,(H,19,20)(H,21,22). The summed E-state index contributed by atoms with van der Waals surface area (Å²) in [7, 11) is 0. The fourth-order valence-corrected chi connectivity index (χ4v) is 3.86. The molecule has 1 heterocycles. The zero-order chi connectivity index (χ0) is 16.4. The van der Waals surface area contributed by atoms with Crippen LogP contribution in [0.5, 0.6) is 0 Å². The van der Waals surface area contributed by atoms with Gasteiger partial charge in [-0.3, -0.25) is 4.79 Å². The fourth-order valence-electron chi connectivity index (χ4n) is 2.71. The van der Waals surface area contributed by atoms with Crippen LogP contribution < -0.4 is 0 Å². The van der Waals surface area contributed by atoms with Crippen LogP contribution in [0.2, 0.25) is 0 Å². The molecule has 3 rings (SSSR count). The first-order chi connectivity index (χ1) is 11.0. The van der Waals surface area contributed by atoms with Gasteiger partial charge in [-0.05, 0) is 54.2 Å². The van der Waals surface area contributed by atoms with Crippen molar-refractivity contribution >= 4 is 23.7 Å². The smallest absolute Gasteiger partial charge is 0.335 e. The summed E-state index contributed by atoms with van der Waals surface area (Å²) < 4.78 is 0. The Bertz CT molecular complexity index is 783. The highest BCUT2D eigenvalue weighted by atomic mass is 32.2. The molecule has 0 unspecified atom stereocenters. The van der Waals surface area contributed by atoms with Gasteiger partial charge in [0.25, 0.3) is 0 Å². The van der Waals surface area contributed by atoms with Gasteiger partial charge in [0.15, 0.2) is 0 Å². The van der Waals surface area contributed by atoms with E-state index in [1.54, 1.807) is 23.9 Å². The average Bonchev–Trinajstić information content (AvgIpc) is 2.70. The van der Waals surface area contributed by atoms with Crippen LogP contribution in [-0.4, -0.2) is 22.2 Å². The quantitative estimate of drug-likeness (QED) is 0.896. The lowest BCUT2D eigenvalue weighted by molar-refractivity contribution is -0.136. The lowest BCUT2D eigenvalue weighted by Crippen LogP contribution is -1.99. The van der Waals surface area contributed by atoms with E-state index in [4.69, 9.17) is 10.2 Å². The molecule has 0 bridgehead atoms. The summed E-state index contributed by atoms with van der Waals surface area (Å²) in [6, 6.07) is 11.3. The maximum atomic E-state index is 11.1. The van der Waals surface area contributed by atoms with Crippen LogP contribution in [0.25, 0.3) is 0 Å². The molecule has 0 aromatic heterocycles. The number of hydrogen-bond donors (Lipinski definition) is 2. The van der Waals surface area contributed by atoms with Gasteiger partial charge >= 0.3 is 11.9 Å². The van der Waals surface area contributed by atoms with Crippen molar-refractivity contribution in [1.82, 2.24) is 0 Å². The Kier molecular flexibility index (Phi) is 4.39. The molecule has 1 aliphatic heterocycles. The third kappa shape index (κ3) is 3.56. The molecule has 0 saturated heterocycles. The number of benzene rings is 2. The molecule has 0 aliphatic carbocycles. The van der Waals surface area contributed by atoms with Gasteiger partial charge in [0.1, 0.15) is 0 Å². The van der Waals surface area contributed by atoms with Crippen molar-refractivity contribution < 1.29 is 19.8 Å². The van der Waals surface area contributed by atoms with Crippen molar-refractivity contribution in [3.63, 3.8) is 0 Å². The zero-order valence-electron chi connectivity index (χ0n) is 12.4. The van der Waals surface area contributed by atoms with Gasteiger partial charge in [-0.15, -0.1) is 0 Å². The Morgan fingerprint density at radius 3 is 2.48 bits per heavy atom. The lowest BCUT2D eigenvalue weighted by atomic mass is 10.0. The van der Waals surface area contributed by atoms with E-state index in [0.717, 1.165) is 33.8 Å². The van der Waals surface area contributed by atoms with Crippen LogP contribution in [0, 0.1) is 0 Å². The van der Waals surface area contributed by atoms with Crippen LogP contribution in [-0.2, 0) is 24.1 Å². The summed E-state index contributed by atoms with van der Waals surface area (Å²) in [5, 5.41) is 17.9. The van der Waals surface area contributed by atoms with Crippen LogP contribution in [0.15, 0.2) is 46.2 Å². The minimum absolute atomic E-state index is 0.133. The topological polar surface area (TPSA) is 74.6 Å². The van der Waals surface area contributed by atoms with E-state index in [1.165, 1.54) is 5.56 Å². The molecule has 4 nitrogen and oxygen atoms in total. The molecule has 2 aromatic rings. The minimum Gasteiger partial charge on any atom is -0.481 e. The van der Waals surface area contributed by atoms with E-state index in [2.05, 4.69) is 6.07 Å². The molecular weight excluding hydrogens is 312 g/mol. The summed E-state index contributed by atoms with van der Waals surface area (Å²) in [5.74, 6) is -1.70. The van der Waals surface area contributed by atoms with E-state index in [1.807, 2.05) is 18.2 Å².